The van der Waals surface area contributed by atoms with Crippen molar-refractivity contribution in [1.29, 1.82) is 0 Å². The molecule has 1 amide bonds. The monoisotopic (exact) mass is 580 g/mol. The van der Waals surface area contributed by atoms with Crippen molar-refractivity contribution in [3.63, 3.8) is 0 Å². The van der Waals surface area contributed by atoms with Gasteiger partial charge in [-0.3, -0.25) is 14.6 Å². The number of morpholine rings is 1. The zero-order chi connectivity index (χ0) is 28.9. The van der Waals surface area contributed by atoms with Gasteiger partial charge in [-0.05, 0) is 42.7 Å². The van der Waals surface area contributed by atoms with Crippen LogP contribution < -0.4 is 0 Å². The number of para-hydroxylation sites is 1. The van der Waals surface area contributed by atoms with Gasteiger partial charge in [0.05, 0.1) is 30.5 Å². The number of aromatic amines is 1. The van der Waals surface area contributed by atoms with Crippen LogP contribution in [0.1, 0.15) is 39.9 Å². The number of carbonyl (C=O) groups excluding carboxylic acids is 1. The average Bonchev–Trinajstić information content (AvgIpc) is 3.57. The molecule has 3 saturated heterocycles. The summed E-state index contributed by atoms with van der Waals surface area (Å²) in [5.74, 6) is -0.834. The molecule has 4 heterocycles. The van der Waals surface area contributed by atoms with Crippen molar-refractivity contribution in [3.05, 3.63) is 70.9 Å². The fourth-order valence-electron chi connectivity index (χ4n) is 6.59. The quantitative estimate of drug-likeness (QED) is 0.421. The summed E-state index contributed by atoms with van der Waals surface area (Å²) in [7, 11) is 0. The van der Waals surface area contributed by atoms with E-state index in [0.717, 1.165) is 36.0 Å². The molecule has 0 aliphatic carbocycles. The van der Waals surface area contributed by atoms with Gasteiger partial charge in [-0.25, -0.2) is 0 Å². The number of rotatable bonds is 4. The highest BCUT2D eigenvalue weighted by Crippen LogP contribution is 2.39. The van der Waals surface area contributed by atoms with Crippen LogP contribution in [0.4, 0.5) is 26.3 Å². The van der Waals surface area contributed by atoms with Crippen LogP contribution >= 0.6 is 0 Å². The van der Waals surface area contributed by atoms with Crippen molar-refractivity contribution in [3.8, 4) is 0 Å². The number of amides is 1. The van der Waals surface area contributed by atoms with Gasteiger partial charge < -0.3 is 14.6 Å². The van der Waals surface area contributed by atoms with Crippen LogP contribution in [0.25, 0.3) is 10.9 Å². The Bertz CT molecular complexity index is 1380. The highest BCUT2D eigenvalue weighted by Gasteiger charge is 2.46. The molecule has 6 rings (SSSR count). The van der Waals surface area contributed by atoms with E-state index < -0.39 is 41.1 Å². The van der Waals surface area contributed by atoms with Gasteiger partial charge in [-0.1, -0.05) is 18.2 Å². The molecular formula is C29H30F6N4O2. The Morgan fingerprint density at radius 3 is 2.29 bits per heavy atom. The third-order valence-corrected chi connectivity index (χ3v) is 8.62. The molecule has 220 valence electrons. The first-order valence-electron chi connectivity index (χ1n) is 13.7. The molecule has 1 N–H and O–H groups in total. The SMILES string of the molecule is O=C(c1cc(C(F)(F)F)cc(C(F)(F)F)c1)N1CCC2CC(N3CCOCC3)CN2C1Cc1c[nH]c2ccccc12. The van der Waals surface area contributed by atoms with Gasteiger partial charge in [0, 0.05) is 67.3 Å². The molecule has 3 aliphatic rings. The molecule has 2 aromatic carbocycles. The van der Waals surface area contributed by atoms with Crippen LogP contribution in [0.15, 0.2) is 48.7 Å². The van der Waals surface area contributed by atoms with Crippen molar-refractivity contribution in [1.82, 2.24) is 19.7 Å². The molecule has 3 fully saturated rings. The second-order valence-corrected chi connectivity index (χ2v) is 11.0. The van der Waals surface area contributed by atoms with E-state index in [2.05, 4.69) is 14.8 Å². The van der Waals surface area contributed by atoms with Gasteiger partial charge in [0.1, 0.15) is 0 Å². The van der Waals surface area contributed by atoms with Crippen molar-refractivity contribution in [2.24, 2.45) is 0 Å². The summed E-state index contributed by atoms with van der Waals surface area (Å²) in [4.78, 5) is 23.2. The molecular weight excluding hydrogens is 550 g/mol. The fourth-order valence-corrected chi connectivity index (χ4v) is 6.59. The van der Waals surface area contributed by atoms with Gasteiger partial charge in [0.2, 0.25) is 0 Å². The number of nitrogens with zero attached hydrogens (tertiary/aromatic N) is 3. The normalized spacial score (nSPS) is 24.6. The zero-order valence-corrected chi connectivity index (χ0v) is 22.1. The maximum atomic E-state index is 13.9. The molecule has 6 nitrogen and oxygen atoms in total. The van der Waals surface area contributed by atoms with Crippen molar-refractivity contribution in [2.75, 3.05) is 39.4 Å². The number of alkyl halides is 6. The van der Waals surface area contributed by atoms with E-state index in [0.29, 0.717) is 44.7 Å². The molecule has 0 saturated carbocycles. The van der Waals surface area contributed by atoms with E-state index in [1.165, 1.54) is 4.90 Å². The Balaban J connectivity index is 1.36. The minimum absolute atomic E-state index is 0.0554. The van der Waals surface area contributed by atoms with E-state index in [4.69, 9.17) is 4.74 Å². The summed E-state index contributed by atoms with van der Waals surface area (Å²) in [5.41, 5.74) is -1.76. The lowest BCUT2D eigenvalue weighted by Gasteiger charge is -2.46. The predicted molar refractivity (Wildman–Crippen MR) is 139 cm³/mol. The van der Waals surface area contributed by atoms with Crippen LogP contribution in [-0.2, 0) is 23.5 Å². The molecule has 0 radical (unpaired) electrons. The number of aromatic nitrogens is 1. The first-order valence-corrected chi connectivity index (χ1v) is 13.7. The lowest BCUT2D eigenvalue weighted by Crippen LogP contribution is -2.59. The van der Waals surface area contributed by atoms with Crippen molar-refractivity contribution in [2.45, 2.75) is 49.9 Å². The molecule has 12 heteroatoms. The summed E-state index contributed by atoms with van der Waals surface area (Å²) in [6.07, 6.45) is -6.89. The topological polar surface area (TPSA) is 51.8 Å². The van der Waals surface area contributed by atoms with E-state index in [9.17, 15) is 31.1 Å². The summed E-state index contributed by atoms with van der Waals surface area (Å²) < 4.78 is 87.1. The molecule has 0 bridgehead atoms. The molecule has 3 atom stereocenters. The molecule has 3 aliphatic heterocycles. The Morgan fingerprint density at radius 2 is 1.61 bits per heavy atom. The van der Waals surface area contributed by atoms with E-state index >= 15 is 0 Å². The average molecular weight is 581 g/mol. The smallest absolute Gasteiger partial charge is 0.379 e. The maximum Gasteiger partial charge on any atom is 0.416 e. The predicted octanol–water partition coefficient (Wildman–Crippen LogP) is 5.40. The van der Waals surface area contributed by atoms with Crippen molar-refractivity contribution >= 4 is 16.8 Å². The highest BCUT2D eigenvalue weighted by molar-refractivity contribution is 5.95. The lowest BCUT2D eigenvalue weighted by molar-refractivity contribution is -0.143. The summed E-state index contributed by atoms with van der Waals surface area (Å²) in [6.45, 7) is 3.76. The first kappa shape index (κ1) is 28.0. The number of H-pyrrole nitrogens is 1. The second kappa shape index (κ2) is 10.6. The minimum atomic E-state index is -5.03. The number of ether oxygens (including phenoxy) is 1. The molecule has 3 aromatic rings. The second-order valence-electron chi connectivity index (χ2n) is 11.0. The van der Waals surface area contributed by atoms with E-state index in [1.54, 1.807) is 0 Å². The Hall–Kier alpha value is -3.09. The molecule has 3 unspecified atom stereocenters. The first-order chi connectivity index (χ1) is 19.5. The standard InChI is InChI=1S/C29H30F6N4O2/c30-28(31,32)20-11-18(12-21(14-20)29(33,34)35)27(40)38-6-5-22-15-23(37-7-9-41-10-8-37)17-39(22)26(38)13-19-16-36-25-4-2-1-3-24(19)25/h1-4,11-12,14,16,22-23,26,36H,5-10,13,15,17H2. The summed E-state index contributed by atoms with van der Waals surface area (Å²) in [5, 5.41) is 0.962. The van der Waals surface area contributed by atoms with Crippen molar-refractivity contribution < 1.29 is 35.9 Å². The summed E-state index contributed by atoms with van der Waals surface area (Å²) >= 11 is 0. The van der Waals surface area contributed by atoms with E-state index in [-0.39, 0.29) is 24.7 Å². The number of carbonyl (C=O) groups is 1. The van der Waals surface area contributed by atoms with Gasteiger partial charge in [0.15, 0.2) is 0 Å². The molecule has 41 heavy (non-hydrogen) atoms. The van der Waals surface area contributed by atoms with Gasteiger partial charge in [-0.2, -0.15) is 26.3 Å². The van der Waals surface area contributed by atoms with Gasteiger partial charge in [0.25, 0.3) is 5.91 Å². The number of benzene rings is 2. The lowest BCUT2D eigenvalue weighted by atomic mass is 9.99. The van der Waals surface area contributed by atoms with Gasteiger partial charge in [-0.15, -0.1) is 0 Å². The molecule has 1 aromatic heterocycles. The number of fused-ring (bicyclic) bond motifs is 2. The Kier molecular flexibility index (Phi) is 7.27. The van der Waals surface area contributed by atoms with Crippen LogP contribution in [0.3, 0.4) is 0 Å². The third-order valence-electron chi connectivity index (χ3n) is 8.62. The number of hydrogen-bond acceptors (Lipinski definition) is 4. The van der Waals surface area contributed by atoms with Crippen LogP contribution in [0, 0.1) is 0 Å². The maximum absolute atomic E-state index is 13.9. The Morgan fingerprint density at radius 1 is 0.927 bits per heavy atom. The number of hydrogen-bond donors (Lipinski definition) is 1. The van der Waals surface area contributed by atoms with Crippen LogP contribution in [-0.4, -0.2) is 83.2 Å². The largest absolute Gasteiger partial charge is 0.416 e. The minimum Gasteiger partial charge on any atom is -0.379 e. The number of halogens is 6. The third kappa shape index (κ3) is 5.56. The number of nitrogens with one attached hydrogen (secondary N) is 1. The van der Waals surface area contributed by atoms with Crippen LogP contribution in [0.5, 0.6) is 0 Å². The highest BCUT2D eigenvalue weighted by atomic mass is 19.4. The molecule has 0 spiro atoms. The zero-order valence-electron chi connectivity index (χ0n) is 22.1. The van der Waals surface area contributed by atoms with Crippen LogP contribution in [0.2, 0.25) is 0 Å². The fraction of sp³-hybridized carbons (Fsp3) is 0.483. The van der Waals surface area contributed by atoms with Gasteiger partial charge >= 0.3 is 12.4 Å². The summed E-state index contributed by atoms with van der Waals surface area (Å²) in [6, 6.07) is 9.18. The Labute approximate surface area is 232 Å². The van der Waals surface area contributed by atoms with E-state index in [1.807, 2.05) is 30.5 Å².